The molecule has 20 heavy (non-hydrogen) atoms. The van der Waals surface area contributed by atoms with Crippen molar-refractivity contribution in [3.05, 3.63) is 59.7 Å². The lowest BCUT2D eigenvalue weighted by Gasteiger charge is -2.10. The largest absolute Gasteiger partial charge is 0.493 e. The van der Waals surface area contributed by atoms with Crippen molar-refractivity contribution >= 4 is 5.91 Å². The number of amides is 1. The monoisotopic (exact) mass is 271 g/mol. The van der Waals surface area contributed by atoms with E-state index in [1.54, 1.807) is 26.4 Å². The molecule has 0 aromatic heterocycles. The van der Waals surface area contributed by atoms with Crippen molar-refractivity contribution in [2.24, 2.45) is 0 Å². The standard InChI is InChI=1S/C16H17NO3/c1-19-14-9-8-12(10-15(14)20-2)11-17-16(18)13-6-4-3-5-7-13/h3-10H,11H2,1-2H3,(H,17,18). The number of carbonyl (C=O) groups excluding carboxylic acids is 1. The Morgan fingerprint density at radius 1 is 1.00 bits per heavy atom. The number of carbonyl (C=O) groups is 1. The summed E-state index contributed by atoms with van der Waals surface area (Å²) in [6.07, 6.45) is 0. The van der Waals surface area contributed by atoms with Crippen LogP contribution < -0.4 is 14.8 Å². The van der Waals surface area contributed by atoms with Gasteiger partial charge in [-0.25, -0.2) is 0 Å². The lowest BCUT2D eigenvalue weighted by Crippen LogP contribution is -2.22. The van der Waals surface area contributed by atoms with Crippen molar-refractivity contribution in [2.75, 3.05) is 14.2 Å². The van der Waals surface area contributed by atoms with Crippen LogP contribution in [0.1, 0.15) is 15.9 Å². The van der Waals surface area contributed by atoms with Crippen LogP contribution in [0.4, 0.5) is 0 Å². The molecule has 4 nitrogen and oxygen atoms in total. The van der Waals surface area contributed by atoms with E-state index >= 15 is 0 Å². The molecule has 0 radical (unpaired) electrons. The summed E-state index contributed by atoms with van der Waals surface area (Å²) in [6.45, 7) is 0.439. The summed E-state index contributed by atoms with van der Waals surface area (Å²) < 4.78 is 10.4. The number of methoxy groups -OCH3 is 2. The fourth-order valence-corrected chi connectivity index (χ4v) is 1.86. The number of hydrogen-bond acceptors (Lipinski definition) is 3. The Hall–Kier alpha value is -2.49. The van der Waals surface area contributed by atoms with E-state index in [9.17, 15) is 4.79 Å². The van der Waals surface area contributed by atoms with E-state index in [-0.39, 0.29) is 5.91 Å². The first-order chi connectivity index (χ1) is 9.74. The van der Waals surface area contributed by atoms with Crippen LogP contribution in [0.25, 0.3) is 0 Å². The molecule has 2 aromatic rings. The second-order valence-electron chi connectivity index (χ2n) is 4.24. The van der Waals surface area contributed by atoms with E-state index in [1.807, 2.05) is 36.4 Å². The second-order valence-corrected chi connectivity index (χ2v) is 4.24. The highest BCUT2D eigenvalue weighted by Gasteiger charge is 2.07. The number of nitrogens with one attached hydrogen (secondary N) is 1. The highest BCUT2D eigenvalue weighted by Crippen LogP contribution is 2.27. The highest BCUT2D eigenvalue weighted by atomic mass is 16.5. The van der Waals surface area contributed by atoms with Gasteiger partial charge >= 0.3 is 0 Å². The van der Waals surface area contributed by atoms with E-state index in [1.165, 1.54) is 0 Å². The molecule has 1 amide bonds. The molecule has 0 aliphatic rings. The molecule has 0 fully saturated rings. The molecular weight excluding hydrogens is 254 g/mol. The normalized spacial score (nSPS) is 9.90. The van der Waals surface area contributed by atoms with Crippen LogP contribution in [0.5, 0.6) is 11.5 Å². The lowest BCUT2D eigenvalue weighted by molar-refractivity contribution is 0.0951. The predicted molar refractivity (Wildman–Crippen MR) is 77.2 cm³/mol. The van der Waals surface area contributed by atoms with E-state index in [0.717, 1.165) is 5.56 Å². The highest BCUT2D eigenvalue weighted by molar-refractivity contribution is 5.94. The molecule has 0 aliphatic carbocycles. The smallest absolute Gasteiger partial charge is 0.251 e. The Morgan fingerprint density at radius 3 is 2.35 bits per heavy atom. The van der Waals surface area contributed by atoms with Crippen LogP contribution in [-0.2, 0) is 6.54 Å². The Morgan fingerprint density at radius 2 is 1.70 bits per heavy atom. The first-order valence-corrected chi connectivity index (χ1v) is 6.28. The molecular formula is C16H17NO3. The zero-order chi connectivity index (χ0) is 14.4. The van der Waals surface area contributed by atoms with Crippen LogP contribution in [0.2, 0.25) is 0 Å². The zero-order valence-corrected chi connectivity index (χ0v) is 11.6. The van der Waals surface area contributed by atoms with Gasteiger partial charge in [0.15, 0.2) is 11.5 Å². The molecule has 4 heteroatoms. The molecule has 0 saturated heterocycles. The van der Waals surface area contributed by atoms with Gasteiger partial charge in [-0.3, -0.25) is 4.79 Å². The molecule has 0 bridgehead atoms. The van der Waals surface area contributed by atoms with E-state index in [0.29, 0.717) is 23.6 Å². The minimum atomic E-state index is -0.0969. The Labute approximate surface area is 118 Å². The fraction of sp³-hybridized carbons (Fsp3) is 0.188. The summed E-state index contributed by atoms with van der Waals surface area (Å²) in [6, 6.07) is 14.7. The summed E-state index contributed by atoms with van der Waals surface area (Å²) in [4.78, 5) is 11.9. The maximum absolute atomic E-state index is 11.9. The van der Waals surface area contributed by atoms with Gasteiger partial charge in [-0.15, -0.1) is 0 Å². The first kappa shape index (κ1) is 13.9. The van der Waals surface area contributed by atoms with Gasteiger partial charge in [0.2, 0.25) is 0 Å². The van der Waals surface area contributed by atoms with Gasteiger partial charge in [0, 0.05) is 12.1 Å². The molecule has 0 saturated carbocycles. The van der Waals surface area contributed by atoms with Gasteiger partial charge in [0.25, 0.3) is 5.91 Å². The summed E-state index contributed by atoms with van der Waals surface area (Å²) in [5.41, 5.74) is 1.60. The van der Waals surface area contributed by atoms with Crippen molar-refractivity contribution in [1.82, 2.24) is 5.32 Å². The molecule has 2 aromatic carbocycles. The van der Waals surface area contributed by atoms with Gasteiger partial charge in [-0.05, 0) is 29.8 Å². The number of rotatable bonds is 5. The van der Waals surface area contributed by atoms with Crippen molar-refractivity contribution in [1.29, 1.82) is 0 Å². The summed E-state index contributed by atoms with van der Waals surface area (Å²) in [5.74, 6) is 1.23. The summed E-state index contributed by atoms with van der Waals surface area (Å²) in [5, 5.41) is 2.87. The van der Waals surface area contributed by atoms with Gasteiger partial charge in [-0.2, -0.15) is 0 Å². The Bertz CT molecular complexity index is 582. The van der Waals surface area contributed by atoms with Crippen LogP contribution in [0.15, 0.2) is 48.5 Å². The quantitative estimate of drug-likeness (QED) is 0.909. The van der Waals surface area contributed by atoms with Crippen LogP contribution in [0.3, 0.4) is 0 Å². The third kappa shape index (κ3) is 3.29. The third-order valence-corrected chi connectivity index (χ3v) is 2.94. The first-order valence-electron chi connectivity index (χ1n) is 6.28. The molecule has 2 rings (SSSR count). The van der Waals surface area contributed by atoms with Crippen molar-refractivity contribution in [2.45, 2.75) is 6.54 Å². The molecule has 0 aliphatic heterocycles. The lowest BCUT2D eigenvalue weighted by atomic mass is 10.1. The molecule has 1 N–H and O–H groups in total. The average molecular weight is 271 g/mol. The van der Waals surface area contributed by atoms with Crippen LogP contribution >= 0.6 is 0 Å². The molecule has 0 atom stereocenters. The van der Waals surface area contributed by atoms with Gasteiger partial charge < -0.3 is 14.8 Å². The Balaban J connectivity index is 2.02. The maximum atomic E-state index is 11.9. The van der Waals surface area contributed by atoms with Crippen molar-refractivity contribution in [3.63, 3.8) is 0 Å². The number of benzene rings is 2. The summed E-state index contributed by atoms with van der Waals surface area (Å²) >= 11 is 0. The molecule has 0 unspecified atom stereocenters. The minimum absolute atomic E-state index is 0.0969. The SMILES string of the molecule is COc1ccc(CNC(=O)c2ccccc2)cc1OC. The van der Waals surface area contributed by atoms with Gasteiger partial charge in [0.05, 0.1) is 14.2 Å². The summed E-state index contributed by atoms with van der Waals surface area (Å²) in [7, 11) is 3.18. The topological polar surface area (TPSA) is 47.6 Å². The molecule has 104 valence electrons. The predicted octanol–water partition coefficient (Wildman–Crippen LogP) is 2.63. The molecule has 0 spiro atoms. The molecule has 0 heterocycles. The van der Waals surface area contributed by atoms with E-state index < -0.39 is 0 Å². The van der Waals surface area contributed by atoms with E-state index in [4.69, 9.17) is 9.47 Å². The minimum Gasteiger partial charge on any atom is -0.493 e. The average Bonchev–Trinajstić information content (AvgIpc) is 2.53. The van der Waals surface area contributed by atoms with Crippen molar-refractivity contribution in [3.8, 4) is 11.5 Å². The maximum Gasteiger partial charge on any atom is 0.251 e. The van der Waals surface area contributed by atoms with Crippen LogP contribution in [0, 0.1) is 0 Å². The zero-order valence-electron chi connectivity index (χ0n) is 11.6. The van der Waals surface area contributed by atoms with Crippen LogP contribution in [-0.4, -0.2) is 20.1 Å². The number of ether oxygens (including phenoxy) is 2. The fourth-order valence-electron chi connectivity index (χ4n) is 1.86. The Kier molecular flexibility index (Phi) is 4.60. The van der Waals surface area contributed by atoms with E-state index in [2.05, 4.69) is 5.32 Å². The second kappa shape index (κ2) is 6.61. The number of hydrogen-bond donors (Lipinski definition) is 1. The van der Waals surface area contributed by atoms with Crippen molar-refractivity contribution < 1.29 is 14.3 Å². The third-order valence-electron chi connectivity index (χ3n) is 2.94. The van der Waals surface area contributed by atoms with Gasteiger partial charge in [-0.1, -0.05) is 24.3 Å². The van der Waals surface area contributed by atoms with Gasteiger partial charge in [0.1, 0.15) is 0 Å².